The van der Waals surface area contributed by atoms with Crippen LogP contribution in [0.3, 0.4) is 0 Å². The second kappa shape index (κ2) is 4.69. The SMILES string of the molecule is NC[C@H]1CC[C@@H](OC(F)F)CN1. The first kappa shape index (κ1) is 9.83. The molecule has 1 fully saturated rings. The summed E-state index contributed by atoms with van der Waals surface area (Å²) in [6.07, 6.45) is 1.13. The number of nitrogens with one attached hydrogen (secondary N) is 1. The maximum absolute atomic E-state index is 11.7. The van der Waals surface area contributed by atoms with Gasteiger partial charge in [-0.2, -0.15) is 8.78 Å². The number of piperidine rings is 1. The lowest BCUT2D eigenvalue weighted by atomic mass is 10.0. The Balaban J connectivity index is 2.17. The van der Waals surface area contributed by atoms with Crippen molar-refractivity contribution < 1.29 is 13.5 Å². The molecule has 3 nitrogen and oxygen atoms in total. The average Bonchev–Trinajstić information content (AvgIpc) is 2.05. The highest BCUT2D eigenvalue weighted by Gasteiger charge is 2.22. The Morgan fingerprint density at radius 3 is 2.67 bits per heavy atom. The number of halogens is 2. The number of hydrogen-bond acceptors (Lipinski definition) is 3. The van der Waals surface area contributed by atoms with Crippen molar-refractivity contribution in [2.75, 3.05) is 13.1 Å². The highest BCUT2D eigenvalue weighted by molar-refractivity contribution is 4.78. The molecule has 0 radical (unpaired) electrons. The van der Waals surface area contributed by atoms with Gasteiger partial charge in [-0.3, -0.25) is 0 Å². The van der Waals surface area contributed by atoms with Crippen LogP contribution in [0.15, 0.2) is 0 Å². The minimum absolute atomic E-state index is 0.266. The minimum Gasteiger partial charge on any atom is -0.329 e. The van der Waals surface area contributed by atoms with Gasteiger partial charge in [0.2, 0.25) is 0 Å². The number of rotatable bonds is 3. The Morgan fingerprint density at radius 2 is 2.25 bits per heavy atom. The van der Waals surface area contributed by atoms with Crippen LogP contribution in [0.25, 0.3) is 0 Å². The molecule has 5 heteroatoms. The molecule has 1 aliphatic heterocycles. The predicted octanol–water partition coefficient (Wildman–Crippen LogP) is 0.305. The van der Waals surface area contributed by atoms with Gasteiger partial charge in [0.25, 0.3) is 0 Å². The maximum atomic E-state index is 11.7. The molecule has 1 rings (SSSR count). The summed E-state index contributed by atoms with van der Waals surface area (Å²) < 4.78 is 27.8. The van der Waals surface area contributed by atoms with Crippen LogP contribution < -0.4 is 11.1 Å². The Bertz CT molecular complexity index is 127. The summed E-state index contributed by atoms with van der Waals surface area (Å²) in [5.41, 5.74) is 5.40. The Hall–Kier alpha value is -0.260. The van der Waals surface area contributed by atoms with Gasteiger partial charge in [0, 0.05) is 19.1 Å². The largest absolute Gasteiger partial charge is 0.345 e. The van der Waals surface area contributed by atoms with E-state index in [1.807, 2.05) is 0 Å². The zero-order chi connectivity index (χ0) is 8.97. The van der Waals surface area contributed by atoms with Gasteiger partial charge in [-0.15, -0.1) is 0 Å². The van der Waals surface area contributed by atoms with Gasteiger partial charge in [-0.1, -0.05) is 0 Å². The van der Waals surface area contributed by atoms with Gasteiger partial charge in [0.15, 0.2) is 0 Å². The van der Waals surface area contributed by atoms with E-state index in [0.29, 0.717) is 19.5 Å². The highest BCUT2D eigenvalue weighted by atomic mass is 19.3. The molecule has 0 aliphatic carbocycles. The van der Waals surface area contributed by atoms with Gasteiger partial charge < -0.3 is 15.8 Å². The van der Waals surface area contributed by atoms with Crippen LogP contribution in [0, 0.1) is 0 Å². The van der Waals surface area contributed by atoms with Gasteiger partial charge in [0.1, 0.15) is 0 Å². The van der Waals surface area contributed by atoms with Crippen molar-refractivity contribution in [3.8, 4) is 0 Å². The van der Waals surface area contributed by atoms with E-state index in [4.69, 9.17) is 5.73 Å². The normalized spacial score (nSPS) is 31.0. The minimum atomic E-state index is -2.66. The first-order valence-electron chi connectivity index (χ1n) is 4.09. The first-order valence-corrected chi connectivity index (χ1v) is 4.09. The van der Waals surface area contributed by atoms with E-state index >= 15 is 0 Å². The maximum Gasteiger partial charge on any atom is 0.345 e. The third-order valence-corrected chi connectivity index (χ3v) is 2.05. The molecule has 72 valence electrons. The molecular formula is C7H14F2N2O. The molecule has 0 aromatic heterocycles. The van der Waals surface area contributed by atoms with E-state index in [1.165, 1.54) is 0 Å². The third kappa shape index (κ3) is 3.00. The number of alkyl halides is 2. The van der Waals surface area contributed by atoms with E-state index in [1.54, 1.807) is 0 Å². The summed E-state index contributed by atoms with van der Waals surface area (Å²) in [5.74, 6) is 0. The van der Waals surface area contributed by atoms with Crippen LogP contribution in [0.2, 0.25) is 0 Å². The lowest BCUT2D eigenvalue weighted by Crippen LogP contribution is -2.46. The lowest BCUT2D eigenvalue weighted by Gasteiger charge is -2.28. The highest BCUT2D eigenvalue weighted by Crippen LogP contribution is 2.13. The molecule has 0 spiro atoms. The van der Waals surface area contributed by atoms with Crippen molar-refractivity contribution in [2.45, 2.75) is 31.6 Å². The summed E-state index contributed by atoms with van der Waals surface area (Å²) in [6, 6.07) is 0.266. The van der Waals surface area contributed by atoms with Crippen LogP contribution in [-0.4, -0.2) is 31.8 Å². The Labute approximate surface area is 70.3 Å². The summed E-state index contributed by atoms with van der Waals surface area (Å²) in [5, 5.41) is 3.04. The van der Waals surface area contributed by atoms with Gasteiger partial charge in [-0.05, 0) is 12.8 Å². The fourth-order valence-electron chi connectivity index (χ4n) is 1.35. The molecule has 0 unspecified atom stereocenters. The molecule has 0 amide bonds. The van der Waals surface area contributed by atoms with E-state index in [-0.39, 0.29) is 12.1 Å². The third-order valence-electron chi connectivity index (χ3n) is 2.05. The molecule has 2 atom stereocenters. The second-order valence-corrected chi connectivity index (χ2v) is 2.94. The summed E-state index contributed by atoms with van der Waals surface area (Å²) in [7, 11) is 0. The summed E-state index contributed by atoms with van der Waals surface area (Å²) in [6.45, 7) is -1.63. The van der Waals surface area contributed by atoms with Crippen LogP contribution in [-0.2, 0) is 4.74 Å². The van der Waals surface area contributed by atoms with Crippen LogP contribution in [0.5, 0.6) is 0 Å². The predicted molar refractivity (Wildman–Crippen MR) is 41.0 cm³/mol. The fourth-order valence-corrected chi connectivity index (χ4v) is 1.35. The Kier molecular flexibility index (Phi) is 3.84. The lowest BCUT2D eigenvalue weighted by molar-refractivity contribution is -0.167. The van der Waals surface area contributed by atoms with Crippen LogP contribution in [0.1, 0.15) is 12.8 Å². The smallest absolute Gasteiger partial charge is 0.329 e. The topological polar surface area (TPSA) is 47.3 Å². The van der Waals surface area contributed by atoms with Crippen LogP contribution >= 0.6 is 0 Å². The fraction of sp³-hybridized carbons (Fsp3) is 1.00. The first-order chi connectivity index (χ1) is 5.72. The molecule has 1 saturated heterocycles. The van der Waals surface area contributed by atoms with Crippen molar-refractivity contribution in [2.24, 2.45) is 5.73 Å². The van der Waals surface area contributed by atoms with E-state index in [0.717, 1.165) is 6.42 Å². The molecule has 0 aromatic carbocycles. The zero-order valence-corrected chi connectivity index (χ0v) is 6.80. The molecule has 3 N–H and O–H groups in total. The van der Waals surface area contributed by atoms with E-state index in [2.05, 4.69) is 10.1 Å². The molecule has 0 saturated carbocycles. The molecule has 1 heterocycles. The second-order valence-electron chi connectivity index (χ2n) is 2.94. The van der Waals surface area contributed by atoms with E-state index in [9.17, 15) is 8.78 Å². The molecule has 0 bridgehead atoms. The van der Waals surface area contributed by atoms with Crippen molar-refractivity contribution in [1.29, 1.82) is 0 Å². The molecule has 12 heavy (non-hydrogen) atoms. The molecular weight excluding hydrogens is 166 g/mol. The molecule has 0 aromatic rings. The standard InChI is InChI=1S/C7H14F2N2O/c8-7(9)12-6-2-1-5(3-10)11-4-6/h5-7,11H,1-4,10H2/t5-,6-/m1/s1. The van der Waals surface area contributed by atoms with Crippen molar-refractivity contribution in [3.05, 3.63) is 0 Å². The number of ether oxygens (including phenoxy) is 1. The van der Waals surface area contributed by atoms with Gasteiger partial charge in [0.05, 0.1) is 6.10 Å². The van der Waals surface area contributed by atoms with Gasteiger partial charge in [-0.25, -0.2) is 0 Å². The van der Waals surface area contributed by atoms with E-state index < -0.39 is 6.61 Å². The van der Waals surface area contributed by atoms with Crippen molar-refractivity contribution in [3.63, 3.8) is 0 Å². The summed E-state index contributed by atoms with van der Waals surface area (Å²) in [4.78, 5) is 0. The monoisotopic (exact) mass is 180 g/mol. The number of hydrogen-bond donors (Lipinski definition) is 2. The quantitative estimate of drug-likeness (QED) is 0.657. The Morgan fingerprint density at radius 1 is 1.50 bits per heavy atom. The summed E-state index contributed by atoms with van der Waals surface area (Å²) >= 11 is 0. The number of nitrogens with two attached hydrogens (primary N) is 1. The van der Waals surface area contributed by atoms with Crippen molar-refractivity contribution in [1.82, 2.24) is 5.32 Å². The van der Waals surface area contributed by atoms with Gasteiger partial charge >= 0.3 is 6.61 Å². The van der Waals surface area contributed by atoms with Crippen molar-refractivity contribution >= 4 is 0 Å². The zero-order valence-electron chi connectivity index (χ0n) is 6.80. The van der Waals surface area contributed by atoms with Crippen LogP contribution in [0.4, 0.5) is 8.78 Å². The average molecular weight is 180 g/mol. The molecule has 1 aliphatic rings.